The fourth-order valence-electron chi connectivity index (χ4n) is 2.01. The molecule has 1 N–H and O–H groups in total. The third kappa shape index (κ3) is 7.93. The lowest BCUT2D eigenvalue weighted by Crippen LogP contribution is -2.19. The summed E-state index contributed by atoms with van der Waals surface area (Å²) in [5.41, 5.74) is 4.53. The lowest BCUT2D eigenvalue weighted by molar-refractivity contribution is -0.118. The molecule has 4 nitrogen and oxygen atoms in total. The summed E-state index contributed by atoms with van der Waals surface area (Å²) < 4.78 is 5.63. The molecule has 0 saturated heterocycles. The largest absolute Gasteiger partial charge is 0.493 e. The van der Waals surface area contributed by atoms with Gasteiger partial charge in [-0.1, -0.05) is 37.6 Å². The zero-order valence-electron chi connectivity index (χ0n) is 14.9. The van der Waals surface area contributed by atoms with Crippen molar-refractivity contribution in [3.8, 4) is 5.75 Å². The first-order chi connectivity index (χ1) is 12.5. The number of carbonyl (C=O) groups is 1. The highest BCUT2D eigenvalue weighted by Gasteiger charge is 2.01. The van der Waals surface area contributed by atoms with Crippen molar-refractivity contribution >= 4 is 35.5 Å². The number of amides is 1. The highest BCUT2D eigenvalue weighted by atomic mass is 35.5. The Bertz CT molecular complexity index is 733. The fraction of sp³-hybridized carbons (Fsp3) is 0.300. The number of halogens is 1. The van der Waals surface area contributed by atoms with E-state index < -0.39 is 0 Å². The topological polar surface area (TPSA) is 50.7 Å². The summed E-state index contributed by atoms with van der Waals surface area (Å²) in [5, 5.41) is 4.69. The maximum absolute atomic E-state index is 11.8. The van der Waals surface area contributed by atoms with Gasteiger partial charge in [0.25, 0.3) is 0 Å². The minimum Gasteiger partial charge on any atom is -0.493 e. The average Bonchev–Trinajstić information content (AvgIpc) is 2.61. The summed E-state index contributed by atoms with van der Waals surface area (Å²) in [5.74, 6) is 2.26. The maximum Gasteiger partial charge on any atom is 0.250 e. The minimum absolute atomic E-state index is 0.134. The van der Waals surface area contributed by atoms with E-state index in [4.69, 9.17) is 16.3 Å². The van der Waals surface area contributed by atoms with E-state index in [1.807, 2.05) is 48.5 Å². The van der Waals surface area contributed by atoms with E-state index in [0.29, 0.717) is 23.3 Å². The van der Waals surface area contributed by atoms with Gasteiger partial charge in [-0.3, -0.25) is 4.79 Å². The van der Waals surface area contributed by atoms with Gasteiger partial charge < -0.3 is 4.74 Å². The van der Waals surface area contributed by atoms with Gasteiger partial charge in [0.15, 0.2) is 0 Å². The molecule has 0 saturated carbocycles. The van der Waals surface area contributed by atoms with E-state index >= 15 is 0 Å². The Labute approximate surface area is 164 Å². The molecule has 2 aromatic carbocycles. The lowest BCUT2D eigenvalue weighted by Gasteiger charge is -2.08. The van der Waals surface area contributed by atoms with Crippen molar-refractivity contribution in [2.75, 3.05) is 12.4 Å². The Kier molecular flexibility index (Phi) is 8.51. The van der Waals surface area contributed by atoms with Gasteiger partial charge in [-0.25, -0.2) is 5.43 Å². The predicted molar refractivity (Wildman–Crippen MR) is 110 cm³/mol. The molecule has 0 aliphatic carbocycles. The highest BCUT2D eigenvalue weighted by molar-refractivity contribution is 7.99. The van der Waals surface area contributed by atoms with Crippen LogP contribution in [0.1, 0.15) is 25.0 Å². The third-order valence-electron chi connectivity index (χ3n) is 3.26. The Morgan fingerprint density at radius 2 is 2.04 bits per heavy atom. The molecule has 0 atom stereocenters. The number of nitrogens with one attached hydrogen (secondary N) is 1. The van der Waals surface area contributed by atoms with Gasteiger partial charge in [0.05, 0.1) is 18.6 Å². The Balaban J connectivity index is 1.69. The number of benzene rings is 2. The summed E-state index contributed by atoms with van der Waals surface area (Å²) in [4.78, 5) is 11.8. The molecule has 2 aromatic rings. The smallest absolute Gasteiger partial charge is 0.250 e. The van der Waals surface area contributed by atoms with Crippen LogP contribution in [-0.2, 0) is 10.5 Å². The van der Waals surface area contributed by atoms with Gasteiger partial charge in [0, 0.05) is 10.8 Å². The molecule has 0 unspecified atom stereocenters. The fourth-order valence-corrected chi connectivity index (χ4v) is 2.99. The molecule has 138 valence electrons. The first kappa shape index (κ1) is 20.3. The van der Waals surface area contributed by atoms with Crippen molar-refractivity contribution in [1.82, 2.24) is 5.43 Å². The zero-order valence-corrected chi connectivity index (χ0v) is 16.5. The Morgan fingerprint density at radius 3 is 2.73 bits per heavy atom. The van der Waals surface area contributed by atoms with E-state index in [1.54, 1.807) is 6.21 Å². The molecule has 2 rings (SSSR count). The molecule has 0 aliphatic heterocycles. The van der Waals surface area contributed by atoms with Crippen molar-refractivity contribution in [2.45, 2.75) is 19.6 Å². The normalized spacial score (nSPS) is 11.1. The van der Waals surface area contributed by atoms with Gasteiger partial charge >= 0.3 is 0 Å². The van der Waals surface area contributed by atoms with Crippen LogP contribution in [0.3, 0.4) is 0 Å². The van der Waals surface area contributed by atoms with E-state index in [9.17, 15) is 4.79 Å². The second-order valence-electron chi connectivity index (χ2n) is 6.19. The summed E-state index contributed by atoms with van der Waals surface area (Å²) in [7, 11) is 0. The molecule has 0 aliphatic rings. The summed E-state index contributed by atoms with van der Waals surface area (Å²) in [6, 6.07) is 15.2. The number of hydrogen-bond acceptors (Lipinski definition) is 4. The molecular weight excluding hydrogens is 368 g/mol. The van der Waals surface area contributed by atoms with Gasteiger partial charge in [-0.05, 0) is 53.4 Å². The van der Waals surface area contributed by atoms with Crippen LogP contribution < -0.4 is 10.2 Å². The summed E-state index contributed by atoms with van der Waals surface area (Å²) >= 11 is 7.46. The van der Waals surface area contributed by atoms with Crippen LogP contribution in [0.5, 0.6) is 5.75 Å². The van der Waals surface area contributed by atoms with Gasteiger partial charge in [0.1, 0.15) is 5.75 Å². The van der Waals surface area contributed by atoms with Crippen LogP contribution in [0, 0.1) is 5.92 Å². The molecule has 0 bridgehead atoms. The van der Waals surface area contributed by atoms with Crippen LogP contribution in [0.4, 0.5) is 0 Å². The van der Waals surface area contributed by atoms with Crippen LogP contribution >= 0.6 is 23.4 Å². The monoisotopic (exact) mass is 390 g/mol. The Hall–Kier alpha value is -1.98. The van der Waals surface area contributed by atoms with Crippen molar-refractivity contribution in [3.05, 3.63) is 64.7 Å². The van der Waals surface area contributed by atoms with Gasteiger partial charge in [-0.2, -0.15) is 5.10 Å². The first-order valence-electron chi connectivity index (χ1n) is 8.40. The van der Waals surface area contributed by atoms with Crippen LogP contribution in [0.15, 0.2) is 53.6 Å². The molecular formula is C20H23ClN2O2S. The SMILES string of the molecule is CC(C)COc1ccc(/C=N/NC(=O)CSCc2cccc(Cl)c2)cc1. The quantitative estimate of drug-likeness (QED) is 0.496. The number of carbonyl (C=O) groups excluding carboxylic acids is 1. The minimum atomic E-state index is -0.134. The van der Waals surface area contributed by atoms with Crippen molar-refractivity contribution in [3.63, 3.8) is 0 Å². The second kappa shape index (κ2) is 10.9. The highest BCUT2D eigenvalue weighted by Crippen LogP contribution is 2.16. The standard InChI is InChI=1S/C20H23ClN2O2S/c1-15(2)12-25-19-8-6-16(7-9-19)11-22-23-20(24)14-26-13-17-4-3-5-18(21)10-17/h3-11,15H,12-14H2,1-2H3,(H,23,24)/b22-11+. The first-order valence-corrected chi connectivity index (χ1v) is 9.93. The molecule has 26 heavy (non-hydrogen) atoms. The number of rotatable bonds is 9. The summed E-state index contributed by atoms with van der Waals surface area (Å²) in [6.45, 7) is 4.91. The molecule has 1 amide bonds. The molecule has 0 heterocycles. The molecule has 0 aromatic heterocycles. The molecule has 0 radical (unpaired) electrons. The average molecular weight is 391 g/mol. The van der Waals surface area contributed by atoms with E-state index in [0.717, 1.165) is 22.6 Å². The number of nitrogens with zero attached hydrogens (tertiary/aromatic N) is 1. The second-order valence-corrected chi connectivity index (χ2v) is 7.61. The van der Waals surface area contributed by atoms with E-state index in [-0.39, 0.29) is 5.91 Å². The van der Waals surface area contributed by atoms with Crippen molar-refractivity contribution < 1.29 is 9.53 Å². The van der Waals surface area contributed by atoms with Crippen LogP contribution in [-0.4, -0.2) is 24.5 Å². The zero-order chi connectivity index (χ0) is 18.8. The molecule has 6 heteroatoms. The number of hydrazone groups is 1. The maximum atomic E-state index is 11.8. The Morgan fingerprint density at radius 1 is 1.27 bits per heavy atom. The van der Waals surface area contributed by atoms with E-state index in [2.05, 4.69) is 24.4 Å². The molecule has 0 spiro atoms. The molecule has 0 fully saturated rings. The number of thioether (sulfide) groups is 1. The van der Waals surface area contributed by atoms with Crippen molar-refractivity contribution in [2.24, 2.45) is 11.0 Å². The van der Waals surface area contributed by atoms with Crippen LogP contribution in [0.25, 0.3) is 0 Å². The lowest BCUT2D eigenvalue weighted by atomic mass is 10.2. The van der Waals surface area contributed by atoms with Gasteiger partial charge in [-0.15, -0.1) is 11.8 Å². The third-order valence-corrected chi connectivity index (χ3v) is 4.50. The van der Waals surface area contributed by atoms with E-state index in [1.165, 1.54) is 11.8 Å². The summed E-state index contributed by atoms with van der Waals surface area (Å²) in [6.07, 6.45) is 1.62. The number of ether oxygens (including phenoxy) is 1. The van der Waals surface area contributed by atoms with Gasteiger partial charge in [0.2, 0.25) is 5.91 Å². The van der Waals surface area contributed by atoms with Crippen molar-refractivity contribution in [1.29, 1.82) is 0 Å². The predicted octanol–water partition coefficient (Wildman–Crippen LogP) is 4.76. The van der Waals surface area contributed by atoms with Crippen LogP contribution in [0.2, 0.25) is 5.02 Å². The number of hydrogen-bond donors (Lipinski definition) is 1.